The summed E-state index contributed by atoms with van der Waals surface area (Å²) in [6.07, 6.45) is 2.11. The second-order valence-corrected chi connectivity index (χ2v) is 9.23. The SMILES string of the molecule is Cc1ccc(NC(=O)CC2SC(=Nc3cccc4ccccc34)N(C3CC3)C2=O)cc1. The largest absolute Gasteiger partial charge is 0.326 e. The number of aliphatic imine (C=N–C) groups is 1. The normalized spacial score (nSPS) is 19.9. The van der Waals surface area contributed by atoms with Gasteiger partial charge >= 0.3 is 0 Å². The Kier molecular flexibility index (Phi) is 5.24. The number of amides is 2. The third kappa shape index (κ3) is 4.21. The number of anilines is 1. The number of rotatable bonds is 5. The number of carbonyl (C=O) groups is 2. The molecule has 0 aromatic heterocycles. The molecule has 6 heteroatoms. The number of fused-ring (bicyclic) bond motifs is 1. The van der Waals surface area contributed by atoms with Crippen LogP contribution in [0.5, 0.6) is 0 Å². The van der Waals surface area contributed by atoms with Gasteiger partial charge in [-0.05, 0) is 43.4 Å². The lowest BCUT2D eigenvalue weighted by atomic mass is 10.1. The van der Waals surface area contributed by atoms with Crippen LogP contribution in [0.2, 0.25) is 0 Å². The van der Waals surface area contributed by atoms with Gasteiger partial charge in [0, 0.05) is 23.5 Å². The molecule has 156 valence electrons. The number of amidine groups is 1. The molecule has 0 bridgehead atoms. The number of hydrogen-bond donors (Lipinski definition) is 1. The molecular weight excluding hydrogens is 406 g/mol. The number of aryl methyl sites for hydroxylation is 1. The summed E-state index contributed by atoms with van der Waals surface area (Å²) in [6, 6.07) is 22.0. The molecule has 3 aromatic rings. The first-order valence-electron chi connectivity index (χ1n) is 10.5. The highest BCUT2D eigenvalue weighted by atomic mass is 32.2. The number of hydrogen-bond acceptors (Lipinski definition) is 4. The molecule has 1 aliphatic carbocycles. The molecule has 1 atom stereocenters. The van der Waals surface area contributed by atoms with Gasteiger partial charge in [0.15, 0.2) is 5.17 Å². The van der Waals surface area contributed by atoms with Crippen LogP contribution in [-0.4, -0.2) is 33.2 Å². The number of nitrogens with one attached hydrogen (secondary N) is 1. The fraction of sp³-hybridized carbons (Fsp3) is 0.240. The maximum absolute atomic E-state index is 13.1. The second-order valence-electron chi connectivity index (χ2n) is 8.06. The van der Waals surface area contributed by atoms with E-state index in [1.54, 1.807) is 0 Å². The van der Waals surface area contributed by atoms with Crippen molar-refractivity contribution in [2.75, 3.05) is 5.32 Å². The summed E-state index contributed by atoms with van der Waals surface area (Å²) < 4.78 is 0. The maximum Gasteiger partial charge on any atom is 0.242 e. The average molecular weight is 430 g/mol. The second kappa shape index (κ2) is 8.19. The van der Waals surface area contributed by atoms with E-state index in [0.717, 1.165) is 40.6 Å². The summed E-state index contributed by atoms with van der Waals surface area (Å²) in [6.45, 7) is 2.00. The van der Waals surface area contributed by atoms with E-state index in [1.165, 1.54) is 11.8 Å². The predicted molar refractivity (Wildman–Crippen MR) is 127 cm³/mol. The molecule has 2 aliphatic rings. The van der Waals surface area contributed by atoms with Gasteiger partial charge in [-0.15, -0.1) is 0 Å². The van der Waals surface area contributed by atoms with Crippen molar-refractivity contribution >= 4 is 50.9 Å². The van der Waals surface area contributed by atoms with Crippen LogP contribution in [0, 0.1) is 6.92 Å². The molecule has 5 rings (SSSR count). The van der Waals surface area contributed by atoms with Gasteiger partial charge in [-0.3, -0.25) is 14.5 Å². The Morgan fingerprint density at radius 2 is 1.81 bits per heavy atom. The zero-order valence-electron chi connectivity index (χ0n) is 17.2. The van der Waals surface area contributed by atoms with Crippen LogP contribution in [0.15, 0.2) is 71.7 Å². The van der Waals surface area contributed by atoms with Gasteiger partial charge in [0.05, 0.1) is 5.69 Å². The number of nitrogens with zero attached hydrogens (tertiary/aromatic N) is 2. The first-order valence-corrected chi connectivity index (χ1v) is 11.4. The predicted octanol–water partition coefficient (Wildman–Crippen LogP) is 5.27. The van der Waals surface area contributed by atoms with Crippen molar-refractivity contribution in [3.8, 4) is 0 Å². The molecule has 2 fully saturated rings. The van der Waals surface area contributed by atoms with Crippen molar-refractivity contribution in [2.24, 2.45) is 4.99 Å². The van der Waals surface area contributed by atoms with E-state index in [1.807, 2.05) is 66.4 Å². The Balaban J connectivity index is 1.37. The van der Waals surface area contributed by atoms with E-state index < -0.39 is 5.25 Å². The lowest BCUT2D eigenvalue weighted by molar-refractivity contribution is -0.128. The highest BCUT2D eigenvalue weighted by Gasteiger charge is 2.46. The van der Waals surface area contributed by atoms with Gasteiger partial charge < -0.3 is 5.32 Å². The number of benzene rings is 3. The van der Waals surface area contributed by atoms with Crippen molar-refractivity contribution in [1.82, 2.24) is 4.90 Å². The van der Waals surface area contributed by atoms with Crippen molar-refractivity contribution in [3.63, 3.8) is 0 Å². The molecule has 3 aromatic carbocycles. The molecule has 1 N–H and O–H groups in total. The molecule has 1 saturated heterocycles. The Bertz CT molecular complexity index is 1180. The van der Waals surface area contributed by atoms with Gasteiger partial charge in [-0.1, -0.05) is 65.9 Å². The molecule has 1 saturated carbocycles. The standard InChI is InChI=1S/C25H23N3O2S/c1-16-9-11-18(12-10-16)26-23(29)15-22-24(30)28(19-13-14-19)25(31-22)27-21-8-4-6-17-5-2-3-7-20(17)21/h2-12,19,22H,13-15H2,1H3,(H,26,29). The summed E-state index contributed by atoms with van der Waals surface area (Å²) in [5, 5.41) is 5.34. The molecule has 1 heterocycles. The number of thioether (sulfide) groups is 1. The van der Waals surface area contributed by atoms with Crippen LogP contribution < -0.4 is 5.32 Å². The summed E-state index contributed by atoms with van der Waals surface area (Å²) in [5.41, 5.74) is 2.73. The molecular formula is C25H23N3O2S. The van der Waals surface area contributed by atoms with Crippen molar-refractivity contribution in [2.45, 2.75) is 37.5 Å². The minimum atomic E-state index is -0.445. The average Bonchev–Trinajstić information content (AvgIpc) is 3.55. The summed E-state index contributed by atoms with van der Waals surface area (Å²) >= 11 is 1.41. The third-order valence-electron chi connectivity index (χ3n) is 5.57. The highest BCUT2D eigenvalue weighted by Crippen LogP contribution is 2.40. The smallest absolute Gasteiger partial charge is 0.242 e. The van der Waals surface area contributed by atoms with Crippen molar-refractivity contribution in [1.29, 1.82) is 0 Å². The molecule has 5 nitrogen and oxygen atoms in total. The van der Waals surface area contributed by atoms with Gasteiger partial charge in [0.1, 0.15) is 5.25 Å². The zero-order chi connectivity index (χ0) is 21.4. The van der Waals surface area contributed by atoms with E-state index in [0.29, 0.717) is 5.17 Å². The van der Waals surface area contributed by atoms with Crippen molar-refractivity contribution in [3.05, 3.63) is 72.3 Å². The fourth-order valence-corrected chi connectivity index (χ4v) is 5.00. The Morgan fingerprint density at radius 1 is 1.06 bits per heavy atom. The first-order chi connectivity index (χ1) is 15.1. The molecule has 2 amide bonds. The molecule has 0 radical (unpaired) electrons. The summed E-state index contributed by atoms with van der Waals surface area (Å²) in [4.78, 5) is 32.4. The van der Waals surface area contributed by atoms with Crippen LogP contribution in [0.3, 0.4) is 0 Å². The van der Waals surface area contributed by atoms with Gasteiger partial charge in [-0.2, -0.15) is 0 Å². The van der Waals surface area contributed by atoms with E-state index in [4.69, 9.17) is 4.99 Å². The zero-order valence-corrected chi connectivity index (χ0v) is 18.1. The van der Waals surface area contributed by atoms with E-state index in [-0.39, 0.29) is 24.3 Å². The van der Waals surface area contributed by atoms with E-state index >= 15 is 0 Å². The summed E-state index contributed by atoms with van der Waals surface area (Å²) in [7, 11) is 0. The Hall–Kier alpha value is -3.12. The Morgan fingerprint density at radius 3 is 2.58 bits per heavy atom. The van der Waals surface area contributed by atoms with Crippen LogP contribution in [0.4, 0.5) is 11.4 Å². The van der Waals surface area contributed by atoms with Crippen LogP contribution in [0.25, 0.3) is 10.8 Å². The third-order valence-corrected chi connectivity index (χ3v) is 6.72. The van der Waals surface area contributed by atoms with Crippen molar-refractivity contribution < 1.29 is 9.59 Å². The quantitative estimate of drug-likeness (QED) is 0.601. The van der Waals surface area contributed by atoms with Gasteiger partial charge in [-0.25, -0.2) is 4.99 Å². The van der Waals surface area contributed by atoms with Crippen LogP contribution in [0.1, 0.15) is 24.8 Å². The number of carbonyl (C=O) groups excluding carboxylic acids is 2. The summed E-state index contributed by atoms with van der Waals surface area (Å²) in [5.74, 6) is -0.164. The monoisotopic (exact) mass is 429 g/mol. The van der Waals surface area contributed by atoms with E-state index in [2.05, 4.69) is 17.4 Å². The molecule has 1 unspecified atom stereocenters. The first kappa shape index (κ1) is 19.8. The molecule has 0 spiro atoms. The van der Waals surface area contributed by atoms with E-state index in [9.17, 15) is 9.59 Å². The lowest BCUT2D eigenvalue weighted by Crippen LogP contribution is -2.35. The fourth-order valence-electron chi connectivity index (χ4n) is 3.79. The lowest BCUT2D eigenvalue weighted by Gasteiger charge is -2.15. The molecule has 1 aliphatic heterocycles. The minimum absolute atomic E-state index is 0.00876. The van der Waals surface area contributed by atoms with Crippen LogP contribution >= 0.6 is 11.8 Å². The van der Waals surface area contributed by atoms with Gasteiger partial charge in [0.2, 0.25) is 11.8 Å². The van der Waals surface area contributed by atoms with Crippen LogP contribution in [-0.2, 0) is 9.59 Å². The topological polar surface area (TPSA) is 61.8 Å². The maximum atomic E-state index is 13.1. The van der Waals surface area contributed by atoms with Gasteiger partial charge in [0.25, 0.3) is 0 Å². The highest BCUT2D eigenvalue weighted by molar-refractivity contribution is 8.15. The molecule has 31 heavy (non-hydrogen) atoms. The Labute approximate surface area is 185 Å². The minimum Gasteiger partial charge on any atom is -0.326 e.